The first-order chi connectivity index (χ1) is 10.1. The fourth-order valence-corrected chi connectivity index (χ4v) is 3.89. The largest absolute Gasteiger partial charge is 0.377 e. The normalized spacial score (nSPS) is 16.4. The zero-order valence-corrected chi connectivity index (χ0v) is 13.3. The van der Waals surface area contributed by atoms with Crippen molar-refractivity contribution in [2.75, 3.05) is 20.2 Å². The topological polar surface area (TPSA) is 67.4 Å². The fraction of sp³-hybridized carbons (Fsp3) is 0.600. The fourth-order valence-electron chi connectivity index (χ4n) is 2.64. The second-order valence-electron chi connectivity index (χ2n) is 5.31. The van der Waals surface area contributed by atoms with Crippen molar-refractivity contribution in [3.63, 3.8) is 0 Å². The van der Waals surface area contributed by atoms with Gasteiger partial charge in [0.25, 0.3) is 0 Å². The minimum atomic E-state index is -3.48. The second kappa shape index (κ2) is 7.89. The molecule has 0 atom stereocenters. The van der Waals surface area contributed by atoms with Gasteiger partial charge in [0.1, 0.15) is 0 Å². The summed E-state index contributed by atoms with van der Waals surface area (Å²) in [4.78, 5) is 0.334. The predicted octanol–water partition coefficient (Wildman–Crippen LogP) is 1.64. The number of benzene rings is 1. The highest BCUT2D eigenvalue weighted by Gasteiger charge is 2.18. The third kappa shape index (κ3) is 4.78. The molecule has 0 aromatic heterocycles. The lowest BCUT2D eigenvalue weighted by Crippen LogP contribution is -2.29. The van der Waals surface area contributed by atoms with Crippen LogP contribution in [0.1, 0.15) is 31.2 Å². The van der Waals surface area contributed by atoms with Crippen LogP contribution in [0.3, 0.4) is 0 Å². The molecule has 0 amide bonds. The van der Waals surface area contributed by atoms with Gasteiger partial charge in [0.2, 0.25) is 10.0 Å². The maximum atomic E-state index is 12.3. The van der Waals surface area contributed by atoms with Crippen molar-refractivity contribution in [2.45, 2.75) is 43.2 Å². The summed E-state index contributed by atoms with van der Waals surface area (Å²) in [5.41, 5.74) is 0.768. The Hall–Kier alpha value is -0.950. The molecule has 1 saturated carbocycles. The lowest BCUT2D eigenvalue weighted by molar-refractivity contribution is 0.0626. The van der Waals surface area contributed by atoms with E-state index in [9.17, 15) is 8.42 Å². The number of hydrogen-bond donors (Lipinski definition) is 2. The standard InChI is InChI=1S/C15H24N2O3S/c1-16-12-13-6-2-5-9-15(13)21(18,19)17-10-11-20-14-7-3-4-8-14/h2,5-6,9,14,16-17H,3-4,7-8,10-12H2,1H3. The highest BCUT2D eigenvalue weighted by molar-refractivity contribution is 7.89. The molecule has 1 fully saturated rings. The summed E-state index contributed by atoms with van der Waals surface area (Å²) in [6.07, 6.45) is 4.93. The van der Waals surface area contributed by atoms with Crippen LogP contribution in [0.4, 0.5) is 0 Å². The van der Waals surface area contributed by atoms with Crippen LogP contribution < -0.4 is 10.0 Å². The van der Waals surface area contributed by atoms with E-state index in [-0.39, 0.29) is 0 Å². The molecule has 1 aromatic carbocycles. The van der Waals surface area contributed by atoms with Crippen LogP contribution in [-0.4, -0.2) is 34.7 Å². The van der Waals surface area contributed by atoms with Gasteiger partial charge in [-0.2, -0.15) is 0 Å². The van der Waals surface area contributed by atoms with Gasteiger partial charge >= 0.3 is 0 Å². The summed E-state index contributed by atoms with van der Waals surface area (Å²) in [6.45, 7) is 1.26. The van der Waals surface area contributed by atoms with Crippen molar-refractivity contribution in [1.82, 2.24) is 10.0 Å². The Morgan fingerprint density at radius 1 is 1.24 bits per heavy atom. The number of rotatable bonds is 8. The van der Waals surface area contributed by atoms with Gasteiger partial charge in [-0.3, -0.25) is 0 Å². The second-order valence-corrected chi connectivity index (χ2v) is 7.05. The van der Waals surface area contributed by atoms with Gasteiger partial charge in [-0.25, -0.2) is 13.1 Å². The van der Waals surface area contributed by atoms with E-state index in [0.717, 1.165) is 18.4 Å². The van der Waals surface area contributed by atoms with Crippen molar-refractivity contribution in [3.05, 3.63) is 29.8 Å². The predicted molar refractivity (Wildman–Crippen MR) is 82.6 cm³/mol. The summed E-state index contributed by atoms with van der Waals surface area (Å²) >= 11 is 0. The Kier molecular flexibility index (Phi) is 6.17. The Morgan fingerprint density at radius 2 is 1.95 bits per heavy atom. The molecule has 0 aliphatic heterocycles. The minimum absolute atomic E-state index is 0.311. The quantitative estimate of drug-likeness (QED) is 0.716. The van der Waals surface area contributed by atoms with E-state index < -0.39 is 10.0 Å². The Bertz CT molecular complexity index is 540. The van der Waals surface area contributed by atoms with Crippen LogP contribution in [0.25, 0.3) is 0 Å². The van der Waals surface area contributed by atoms with Crippen LogP contribution in [-0.2, 0) is 21.3 Å². The van der Waals surface area contributed by atoms with Crippen molar-refractivity contribution in [2.24, 2.45) is 0 Å². The average Bonchev–Trinajstić information content (AvgIpc) is 2.98. The summed E-state index contributed by atoms with van der Waals surface area (Å²) in [7, 11) is -1.68. The molecule has 1 aliphatic rings. The van der Waals surface area contributed by atoms with E-state index in [4.69, 9.17) is 4.74 Å². The molecule has 0 spiro atoms. The molecule has 0 heterocycles. The zero-order chi connectivity index (χ0) is 15.1. The third-order valence-electron chi connectivity index (χ3n) is 3.68. The van der Waals surface area contributed by atoms with Crippen molar-refractivity contribution < 1.29 is 13.2 Å². The van der Waals surface area contributed by atoms with Gasteiger partial charge in [-0.1, -0.05) is 31.0 Å². The number of ether oxygens (including phenoxy) is 1. The third-order valence-corrected chi connectivity index (χ3v) is 5.24. The molecule has 1 aliphatic carbocycles. The minimum Gasteiger partial charge on any atom is -0.377 e. The first kappa shape index (κ1) is 16.4. The summed E-state index contributed by atoms with van der Waals surface area (Å²) in [6, 6.07) is 7.03. The van der Waals surface area contributed by atoms with Gasteiger partial charge in [0, 0.05) is 13.1 Å². The highest BCUT2D eigenvalue weighted by Crippen LogP contribution is 2.20. The monoisotopic (exact) mass is 312 g/mol. The molecule has 2 N–H and O–H groups in total. The van der Waals surface area contributed by atoms with E-state index >= 15 is 0 Å². The summed E-state index contributed by atoms with van der Waals surface area (Å²) in [5, 5.41) is 2.98. The van der Waals surface area contributed by atoms with Gasteiger partial charge in [0.15, 0.2) is 0 Å². The first-order valence-electron chi connectivity index (χ1n) is 7.47. The van der Waals surface area contributed by atoms with E-state index in [1.165, 1.54) is 12.8 Å². The summed E-state index contributed by atoms with van der Waals surface area (Å²) < 4.78 is 32.9. The molecule has 2 rings (SSSR count). The van der Waals surface area contributed by atoms with Gasteiger partial charge in [-0.05, 0) is 31.5 Å². The van der Waals surface area contributed by atoms with Crippen LogP contribution >= 0.6 is 0 Å². The lowest BCUT2D eigenvalue weighted by Gasteiger charge is -2.13. The highest BCUT2D eigenvalue weighted by atomic mass is 32.2. The number of nitrogens with one attached hydrogen (secondary N) is 2. The molecule has 118 valence electrons. The molecule has 1 aromatic rings. The molecule has 0 unspecified atom stereocenters. The van der Waals surface area contributed by atoms with Crippen LogP contribution in [0.15, 0.2) is 29.2 Å². The molecule has 0 bridgehead atoms. The Balaban J connectivity index is 1.88. The van der Waals surface area contributed by atoms with E-state index in [1.807, 2.05) is 12.1 Å². The van der Waals surface area contributed by atoms with Crippen molar-refractivity contribution in [3.8, 4) is 0 Å². The molecule has 0 radical (unpaired) electrons. The van der Waals surface area contributed by atoms with E-state index in [2.05, 4.69) is 10.0 Å². The first-order valence-corrected chi connectivity index (χ1v) is 8.95. The number of sulfonamides is 1. The lowest BCUT2D eigenvalue weighted by atomic mass is 10.2. The summed E-state index contributed by atoms with van der Waals surface area (Å²) in [5.74, 6) is 0. The van der Waals surface area contributed by atoms with Crippen molar-refractivity contribution in [1.29, 1.82) is 0 Å². The molecule has 5 nitrogen and oxygen atoms in total. The van der Waals surface area contributed by atoms with Gasteiger partial charge in [-0.15, -0.1) is 0 Å². The van der Waals surface area contributed by atoms with Crippen LogP contribution in [0.5, 0.6) is 0 Å². The van der Waals surface area contributed by atoms with Crippen LogP contribution in [0, 0.1) is 0 Å². The zero-order valence-electron chi connectivity index (χ0n) is 12.5. The Labute approximate surface area is 127 Å². The van der Waals surface area contributed by atoms with E-state index in [0.29, 0.717) is 30.7 Å². The Morgan fingerprint density at radius 3 is 2.67 bits per heavy atom. The SMILES string of the molecule is CNCc1ccccc1S(=O)(=O)NCCOC1CCCC1. The van der Waals surface area contributed by atoms with Crippen molar-refractivity contribution >= 4 is 10.0 Å². The van der Waals surface area contributed by atoms with E-state index in [1.54, 1.807) is 19.2 Å². The molecule has 21 heavy (non-hydrogen) atoms. The smallest absolute Gasteiger partial charge is 0.240 e. The average molecular weight is 312 g/mol. The van der Waals surface area contributed by atoms with Crippen LogP contribution in [0.2, 0.25) is 0 Å². The van der Waals surface area contributed by atoms with Gasteiger partial charge < -0.3 is 10.1 Å². The molecule has 6 heteroatoms. The van der Waals surface area contributed by atoms with Gasteiger partial charge in [0.05, 0.1) is 17.6 Å². The maximum Gasteiger partial charge on any atom is 0.240 e. The molecule has 0 saturated heterocycles. The molecular weight excluding hydrogens is 288 g/mol. The molecular formula is C15H24N2O3S. The number of hydrogen-bond acceptors (Lipinski definition) is 4. The maximum absolute atomic E-state index is 12.3.